The SMILES string of the molecule is CCCCNC(=O)N1CCN(C(=O)C(NC(=O)C(C)(C)CCl)C(C)CC)CC1C. The molecule has 3 atom stereocenters. The molecule has 1 saturated heterocycles. The van der Waals surface area contributed by atoms with Crippen LogP contribution in [0.4, 0.5) is 4.79 Å². The summed E-state index contributed by atoms with van der Waals surface area (Å²) in [5, 5.41) is 5.87. The minimum Gasteiger partial charge on any atom is -0.344 e. The van der Waals surface area contributed by atoms with Gasteiger partial charge in [0.1, 0.15) is 6.04 Å². The van der Waals surface area contributed by atoms with Gasteiger partial charge in [0.25, 0.3) is 0 Å². The topological polar surface area (TPSA) is 81.8 Å². The molecule has 1 rings (SSSR count). The van der Waals surface area contributed by atoms with E-state index in [1.54, 1.807) is 23.6 Å². The van der Waals surface area contributed by atoms with E-state index in [2.05, 4.69) is 17.6 Å². The molecule has 0 aromatic carbocycles. The average molecular weight is 431 g/mol. The van der Waals surface area contributed by atoms with Gasteiger partial charge < -0.3 is 20.4 Å². The molecule has 0 aliphatic carbocycles. The summed E-state index contributed by atoms with van der Waals surface area (Å²) in [7, 11) is 0. The Labute approximate surface area is 180 Å². The Hall–Kier alpha value is -1.50. The van der Waals surface area contributed by atoms with Gasteiger partial charge in [-0.25, -0.2) is 4.79 Å². The van der Waals surface area contributed by atoms with Crippen LogP contribution in [0.5, 0.6) is 0 Å². The van der Waals surface area contributed by atoms with Crippen LogP contribution in [0.15, 0.2) is 0 Å². The van der Waals surface area contributed by atoms with Gasteiger partial charge in [-0.3, -0.25) is 9.59 Å². The van der Waals surface area contributed by atoms with E-state index in [0.717, 1.165) is 19.3 Å². The molecule has 1 fully saturated rings. The van der Waals surface area contributed by atoms with Crippen molar-refractivity contribution in [3.05, 3.63) is 0 Å². The zero-order chi connectivity index (χ0) is 22.2. The molecule has 0 saturated carbocycles. The smallest absolute Gasteiger partial charge is 0.317 e. The zero-order valence-electron chi connectivity index (χ0n) is 18.9. The Morgan fingerprint density at radius 2 is 1.86 bits per heavy atom. The van der Waals surface area contributed by atoms with Crippen LogP contribution in [0.3, 0.4) is 0 Å². The van der Waals surface area contributed by atoms with Gasteiger partial charge in [0.15, 0.2) is 0 Å². The van der Waals surface area contributed by atoms with Crippen molar-refractivity contribution in [2.24, 2.45) is 11.3 Å². The first-order valence-electron chi connectivity index (χ1n) is 10.8. The third-order valence-corrected chi connectivity index (χ3v) is 6.39. The molecule has 4 amide bonds. The number of halogens is 1. The number of alkyl halides is 1. The van der Waals surface area contributed by atoms with Gasteiger partial charge in [-0.1, -0.05) is 33.6 Å². The van der Waals surface area contributed by atoms with Crippen LogP contribution in [0.1, 0.15) is 60.8 Å². The van der Waals surface area contributed by atoms with Crippen LogP contribution in [-0.2, 0) is 9.59 Å². The molecule has 0 radical (unpaired) electrons. The lowest BCUT2D eigenvalue weighted by molar-refractivity contribution is -0.141. The standard InChI is InChI=1S/C21H39ClN4O3/c1-7-9-10-23-20(29)26-12-11-25(13-16(26)4)18(27)17(15(3)8-2)24-19(28)21(5,6)14-22/h15-17H,7-14H2,1-6H3,(H,23,29)(H,24,28). The van der Waals surface area contributed by atoms with E-state index in [1.165, 1.54) is 0 Å². The predicted octanol–water partition coefficient (Wildman–Crippen LogP) is 2.82. The number of hydrogen-bond donors (Lipinski definition) is 2. The van der Waals surface area contributed by atoms with Crippen LogP contribution in [-0.4, -0.2) is 71.8 Å². The van der Waals surface area contributed by atoms with Gasteiger partial charge in [-0.15, -0.1) is 11.6 Å². The van der Waals surface area contributed by atoms with E-state index in [9.17, 15) is 14.4 Å². The van der Waals surface area contributed by atoms with Crippen molar-refractivity contribution in [2.75, 3.05) is 32.1 Å². The van der Waals surface area contributed by atoms with Crippen molar-refractivity contribution in [3.8, 4) is 0 Å². The molecule has 0 bridgehead atoms. The van der Waals surface area contributed by atoms with Crippen LogP contribution in [0.25, 0.3) is 0 Å². The number of hydrogen-bond acceptors (Lipinski definition) is 3. The molecular formula is C21H39ClN4O3. The first-order chi connectivity index (χ1) is 13.6. The van der Waals surface area contributed by atoms with Crippen LogP contribution in [0, 0.1) is 11.3 Å². The Bertz CT molecular complexity index is 570. The maximum absolute atomic E-state index is 13.2. The summed E-state index contributed by atoms with van der Waals surface area (Å²) in [6, 6.07) is -0.747. The molecule has 2 N–H and O–H groups in total. The number of unbranched alkanes of at least 4 members (excludes halogenated alkanes) is 1. The summed E-state index contributed by atoms with van der Waals surface area (Å²) < 4.78 is 0. The average Bonchev–Trinajstić information content (AvgIpc) is 2.70. The molecule has 0 aromatic rings. The second-order valence-corrected chi connectivity index (χ2v) is 9.03. The number of carbonyl (C=O) groups excluding carboxylic acids is 3. The van der Waals surface area contributed by atoms with Gasteiger partial charge in [0.05, 0.1) is 5.41 Å². The number of nitrogens with one attached hydrogen (secondary N) is 2. The molecule has 3 unspecified atom stereocenters. The largest absolute Gasteiger partial charge is 0.344 e. The lowest BCUT2D eigenvalue weighted by atomic mass is 9.92. The van der Waals surface area contributed by atoms with Crippen LogP contribution in [0.2, 0.25) is 0 Å². The van der Waals surface area contributed by atoms with Crippen molar-refractivity contribution in [2.45, 2.75) is 72.9 Å². The van der Waals surface area contributed by atoms with E-state index in [1.807, 2.05) is 20.8 Å². The quantitative estimate of drug-likeness (QED) is 0.436. The maximum atomic E-state index is 13.2. The van der Waals surface area contributed by atoms with E-state index in [-0.39, 0.29) is 35.7 Å². The molecule has 1 aliphatic heterocycles. The molecule has 29 heavy (non-hydrogen) atoms. The second kappa shape index (κ2) is 11.6. The van der Waals surface area contributed by atoms with Crippen LogP contribution >= 0.6 is 11.6 Å². The maximum Gasteiger partial charge on any atom is 0.317 e. The van der Waals surface area contributed by atoms with E-state index < -0.39 is 11.5 Å². The van der Waals surface area contributed by atoms with Gasteiger partial charge >= 0.3 is 6.03 Å². The Kier molecular flexibility index (Phi) is 10.2. The van der Waals surface area contributed by atoms with E-state index >= 15 is 0 Å². The van der Waals surface area contributed by atoms with Crippen molar-refractivity contribution in [3.63, 3.8) is 0 Å². The molecule has 0 aromatic heterocycles. The lowest BCUT2D eigenvalue weighted by Crippen LogP contribution is -2.61. The first kappa shape index (κ1) is 25.5. The number of piperazine rings is 1. The summed E-state index contributed by atoms with van der Waals surface area (Å²) in [5.41, 5.74) is -0.740. The summed E-state index contributed by atoms with van der Waals surface area (Å²) >= 11 is 5.92. The summed E-state index contributed by atoms with van der Waals surface area (Å²) in [5.74, 6) is -0.115. The normalized spacial score (nSPS) is 19.5. The first-order valence-corrected chi connectivity index (χ1v) is 11.3. The Morgan fingerprint density at radius 1 is 1.21 bits per heavy atom. The predicted molar refractivity (Wildman–Crippen MR) is 117 cm³/mol. The van der Waals surface area contributed by atoms with Crippen molar-refractivity contribution < 1.29 is 14.4 Å². The molecule has 168 valence electrons. The summed E-state index contributed by atoms with van der Waals surface area (Å²) in [6.07, 6.45) is 2.75. The highest BCUT2D eigenvalue weighted by Crippen LogP contribution is 2.20. The number of carbonyl (C=O) groups is 3. The summed E-state index contributed by atoms with van der Waals surface area (Å²) in [6.45, 7) is 13.6. The lowest BCUT2D eigenvalue weighted by Gasteiger charge is -2.41. The fraction of sp³-hybridized carbons (Fsp3) is 0.857. The molecule has 1 aliphatic rings. The molecular weight excluding hydrogens is 392 g/mol. The molecule has 8 heteroatoms. The van der Waals surface area contributed by atoms with Gasteiger partial charge in [-0.05, 0) is 33.1 Å². The Morgan fingerprint density at radius 3 is 2.38 bits per heavy atom. The fourth-order valence-corrected chi connectivity index (χ4v) is 3.33. The second-order valence-electron chi connectivity index (χ2n) is 8.77. The fourth-order valence-electron chi connectivity index (χ4n) is 3.21. The summed E-state index contributed by atoms with van der Waals surface area (Å²) in [4.78, 5) is 41.8. The van der Waals surface area contributed by atoms with Crippen LogP contribution < -0.4 is 10.6 Å². The third kappa shape index (κ3) is 7.05. The molecule has 1 heterocycles. The van der Waals surface area contributed by atoms with Crippen molar-refractivity contribution >= 4 is 29.4 Å². The number of rotatable bonds is 9. The highest BCUT2D eigenvalue weighted by atomic mass is 35.5. The van der Waals surface area contributed by atoms with Gasteiger partial charge in [-0.2, -0.15) is 0 Å². The number of urea groups is 1. The van der Waals surface area contributed by atoms with Gasteiger partial charge in [0.2, 0.25) is 11.8 Å². The number of amides is 4. The molecule has 7 nitrogen and oxygen atoms in total. The minimum atomic E-state index is -0.740. The minimum absolute atomic E-state index is 0.00301. The highest BCUT2D eigenvalue weighted by Gasteiger charge is 2.37. The Balaban J connectivity index is 2.79. The van der Waals surface area contributed by atoms with Crippen molar-refractivity contribution in [1.29, 1.82) is 0 Å². The third-order valence-electron chi connectivity index (χ3n) is 5.72. The van der Waals surface area contributed by atoms with Crippen molar-refractivity contribution in [1.82, 2.24) is 20.4 Å². The van der Waals surface area contributed by atoms with E-state index in [4.69, 9.17) is 11.6 Å². The highest BCUT2D eigenvalue weighted by molar-refractivity contribution is 6.19. The van der Waals surface area contributed by atoms with Gasteiger partial charge in [0, 0.05) is 38.1 Å². The zero-order valence-corrected chi connectivity index (χ0v) is 19.6. The molecule has 0 spiro atoms. The monoisotopic (exact) mass is 430 g/mol. The van der Waals surface area contributed by atoms with E-state index in [0.29, 0.717) is 26.2 Å². The number of nitrogens with zero attached hydrogens (tertiary/aromatic N) is 2.